The lowest BCUT2D eigenvalue weighted by molar-refractivity contribution is -0.126. The van der Waals surface area contributed by atoms with Gasteiger partial charge in [0, 0.05) is 17.9 Å². The number of hydrogen-bond acceptors (Lipinski definition) is 4. The van der Waals surface area contributed by atoms with Crippen molar-refractivity contribution in [3.05, 3.63) is 25.3 Å². The molecule has 0 atom stereocenters. The van der Waals surface area contributed by atoms with Crippen molar-refractivity contribution in [2.45, 2.75) is 19.3 Å². The predicted octanol–water partition coefficient (Wildman–Crippen LogP) is 1.87. The Morgan fingerprint density at radius 1 is 1.11 bits per heavy atom. The molecule has 0 aliphatic carbocycles. The highest BCUT2D eigenvalue weighted by atomic mass is 33.1. The molecule has 0 radical (unpaired) electrons. The van der Waals surface area contributed by atoms with Gasteiger partial charge in [0.25, 0.3) is 0 Å². The lowest BCUT2D eigenvalue weighted by Crippen LogP contribution is -2.38. The van der Waals surface area contributed by atoms with Gasteiger partial charge in [-0.2, -0.15) is 0 Å². The van der Waals surface area contributed by atoms with Gasteiger partial charge >= 0.3 is 0 Å². The number of allylic oxidation sites excluding steroid dienone is 2. The largest absolute Gasteiger partial charge is 0.370 e. The Labute approximate surface area is 116 Å². The fraction of sp³-hybridized carbons (Fsp3) is 0.500. The van der Waals surface area contributed by atoms with E-state index in [4.69, 9.17) is 11.5 Å². The molecule has 0 spiro atoms. The maximum Gasteiger partial charge on any atom is 0.225 e. The summed E-state index contributed by atoms with van der Waals surface area (Å²) in [6, 6.07) is 0. The molecule has 0 saturated heterocycles. The number of rotatable bonds is 11. The summed E-state index contributed by atoms with van der Waals surface area (Å²) in [5.74, 6) is 0.549. The number of carbonyl (C=O) groups excluding carboxylic acids is 2. The molecule has 0 bridgehead atoms. The van der Waals surface area contributed by atoms with Crippen molar-refractivity contribution in [2.24, 2.45) is 16.9 Å². The quantitative estimate of drug-likeness (QED) is 0.345. The summed E-state index contributed by atoms with van der Waals surface area (Å²) in [6.45, 7) is 7.32. The average molecular weight is 288 g/mol. The van der Waals surface area contributed by atoms with Gasteiger partial charge in [0.1, 0.15) is 0 Å². The van der Waals surface area contributed by atoms with Gasteiger partial charge < -0.3 is 11.5 Å². The van der Waals surface area contributed by atoms with E-state index in [0.29, 0.717) is 30.8 Å². The summed E-state index contributed by atoms with van der Waals surface area (Å²) in [5.41, 5.74) is 9.89. The maximum absolute atomic E-state index is 11.6. The number of amides is 2. The van der Waals surface area contributed by atoms with Crippen molar-refractivity contribution in [3.63, 3.8) is 0 Å². The van der Waals surface area contributed by atoms with E-state index >= 15 is 0 Å². The van der Waals surface area contributed by atoms with Crippen LogP contribution in [-0.2, 0) is 9.59 Å². The smallest absolute Gasteiger partial charge is 0.225 e. The van der Waals surface area contributed by atoms with Crippen molar-refractivity contribution < 1.29 is 9.59 Å². The first-order valence-electron chi connectivity index (χ1n) is 5.53. The van der Waals surface area contributed by atoms with Gasteiger partial charge in [0.05, 0.1) is 5.41 Å². The molecule has 0 aromatic carbocycles. The Hall–Kier alpha value is -0.880. The lowest BCUT2D eigenvalue weighted by Gasteiger charge is -2.27. The summed E-state index contributed by atoms with van der Waals surface area (Å²) in [5, 5.41) is 0. The highest BCUT2D eigenvalue weighted by Crippen LogP contribution is 2.36. The number of nitrogens with two attached hydrogens (primary N) is 2. The molecule has 0 aromatic rings. The molecule has 18 heavy (non-hydrogen) atoms. The maximum atomic E-state index is 11.6. The minimum atomic E-state index is -0.631. The number of carbonyl (C=O) groups is 2. The van der Waals surface area contributed by atoms with E-state index in [9.17, 15) is 9.59 Å². The summed E-state index contributed by atoms with van der Waals surface area (Å²) in [7, 11) is 3.04. The molecular formula is C12H20N2O2S2. The molecule has 2 amide bonds. The van der Waals surface area contributed by atoms with Gasteiger partial charge in [-0.1, -0.05) is 33.7 Å². The lowest BCUT2D eigenvalue weighted by atomic mass is 9.82. The fourth-order valence-electron chi connectivity index (χ4n) is 1.38. The normalized spacial score (nSPS) is 10.9. The van der Waals surface area contributed by atoms with Gasteiger partial charge in [0.15, 0.2) is 0 Å². The molecular weight excluding hydrogens is 268 g/mol. The Kier molecular flexibility index (Phi) is 8.66. The highest BCUT2D eigenvalue weighted by molar-refractivity contribution is 8.76. The zero-order valence-corrected chi connectivity index (χ0v) is 12.0. The standard InChI is InChI=1S/C12H20N2O2S2/c1-3-6-12(7-4-2,11(14)16)9-18-17-8-5-10(13)15/h3-4H,1-2,5-9H2,(H2,13,15)(H2,14,16). The summed E-state index contributed by atoms with van der Waals surface area (Å²) in [4.78, 5) is 22.2. The Morgan fingerprint density at radius 3 is 2.06 bits per heavy atom. The third-order valence-electron chi connectivity index (χ3n) is 2.44. The SMILES string of the molecule is C=CCC(CC=C)(CSSCCC(N)=O)C(N)=O. The number of hydrogen-bond donors (Lipinski definition) is 2. The van der Waals surface area contributed by atoms with Crippen LogP contribution in [-0.4, -0.2) is 23.3 Å². The van der Waals surface area contributed by atoms with Crippen LogP contribution in [0.15, 0.2) is 25.3 Å². The van der Waals surface area contributed by atoms with Crippen LogP contribution in [0.3, 0.4) is 0 Å². The molecule has 4 nitrogen and oxygen atoms in total. The molecule has 4 N–H and O–H groups in total. The summed E-state index contributed by atoms with van der Waals surface area (Å²) >= 11 is 0. The van der Waals surface area contributed by atoms with Gasteiger partial charge in [-0.3, -0.25) is 9.59 Å². The van der Waals surface area contributed by atoms with Crippen molar-refractivity contribution in [1.29, 1.82) is 0 Å². The molecule has 0 fully saturated rings. The van der Waals surface area contributed by atoms with Crippen LogP contribution in [0.1, 0.15) is 19.3 Å². The van der Waals surface area contributed by atoms with Gasteiger partial charge in [-0.15, -0.1) is 13.2 Å². The molecule has 0 saturated carbocycles. The van der Waals surface area contributed by atoms with Crippen molar-refractivity contribution >= 4 is 33.4 Å². The molecule has 0 aromatic heterocycles. The minimum Gasteiger partial charge on any atom is -0.370 e. The summed E-state index contributed by atoms with van der Waals surface area (Å²) < 4.78 is 0. The van der Waals surface area contributed by atoms with Crippen LogP contribution >= 0.6 is 21.6 Å². The van der Waals surface area contributed by atoms with Gasteiger partial charge in [-0.25, -0.2) is 0 Å². The third kappa shape index (κ3) is 6.16. The second-order valence-corrected chi connectivity index (χ2v) is 6.51. The van der Waals surface area contributed by atoms with Crippen molar-refractivity contribution in [2.75, 3.05) is 11.5 Å². The monoisotopic (exact) mass is 288 g/mol. The van der Waals surface area contributed by atoms with E-state index in [0.717, 1.165) is 0 Å². The summed E-state index contributed by atoms with van der Waals surface area (Å²) in [6.07, 6.45) is 4.78. The second-order valence-electron chi connectivity index (χ2n) is 3.93. The van der Waals surface area contributed by atoms with Crippen LogP contribution in [0.5, 0.6) is 0 Å². The van der Waals surface area contributed by atoms with Crippen LogP contribution in [0, 0.1) is 5.41 Å². The van der Waals surface area contributed by atoms with Crippen LogP contribution in [0.4, 0.5) is 0 Å². The van der Waals surface area contributed by atoms with Crippen LogP contribution in [0.2, 0.25) is 0 Å². The van der Waals surface area contributed by atoms with E-state index in [2.05, 4.69) is 13.2 Å². The zero-order valence-electron chi connectivity index (χ0n) is 10.4. The highest BCUT2D eigenvalue weighted by Gasteiger charge is 2.34. The molecule has 0 aliphatic heterocycles. The first-order valence-corrected chi connectivity index (χ1v) is 8.01. The fourth-order valence-corrected chi connectivity index (χ4v) is 4.00. The zero-order chi connectivity index (χ0) is 14.0. The Balaban J connectivity index is 4.31. The number of primary amides is 2. The van der Waals surface area contributed by atoms with E-state index < -0.39 is 5.41 Å². The minimum absolute atomic E-state index is 0.318. The first-order chi connectivity index (χ1) is 8.48. The van der Waals surface area contributed by atoms with E-state index in [-0.39, 0.29) is 11.8 Å². The molecule has 0 aliphatic rings. The molecule has 0 unspecified atom stereocenters. The Morgan fingerprint density at radius 2 is 1.67 bits per heavy atom. The van der Waals surface area contributed by atoms with Crippen LogP contribution in [0.25, 0.3) is 0 Å². The van der Waals surface area contributed by atoms with Crippen molar-refractivity contribution in [3.8, 4) is 0 Å². The topological polar surface area (TPSA) is 86.2 Å². The molecule has 0 rings (SSSR count). The third-order valence-corrected chi connectivity index (χ3v) is 5.00. The van der Waals surface area contributed by atoms with Gasteiger partial charge in [0.2, 0.25) is 11.8 Å². The first kappa shape index (κ1) is 17.1. The van der Waals surface area contributed by atoms with E-state index in [1.54, 1.807) is 12.2 Å². The van der Waals surface area contributed by atoms with Crippen LogP contribution < -0.4 is 11.5 Å². The molecule has 102 valence electrons. The molecule has 6 heteroatoms. The second kappa shape index (κ2) is 9.10. The van der Waals surface area contributed by atoms with E-state index in [1.807, 2.05) is 0 Å². The Bertz CT molecular complexity index is 309. The van der Waals surface area contributed by atoms with Crippen molar-refractivity contribution in [1.82, 2.24) is 0 Å². The predicted molar refractivity (Wildman–Crippen MR) is 80.0 cm³/mol. The molecule has 0 heterocycles. The average Bonchev–Trinajstić information content (AvgIpc) is 2.28. The van der Waals surface area contributed by atoms with E-state index in [1.165, 1.54) is 21.6 Å². The van der Waals surface area contributed by atoms with Gasteiger partial charge in [-0.05, 0) is 12.8 Å².